The first-order valence-electron chi connectivity index (χ1n) is 6.16. The predicted molar refractivity (Wildman–Crippen MR) is 67.0 cm³/mol. The van der Waals surface area contributed by atoms with Crippen molar-refractivity contribution in [2.45, 2.75) is 33.4 Å². The third kappa shape index (κ3) is 2.10. The molecular weight excluding hydrogens is 232 g/mol. The van der Waals surface area contributed by atoms with Crippen LogP contribution in [0.2, 0.25) is 0 Å². The van der Waals surface area contributed by atoms with Crippen LogP contribution in [0, 0.1) is 5.92 Å². The van der Waals surface area contributed by atoms with Gasteiger partial charge < -0.3 is 5.32 Å². The highest BCUT2D eigenvalue weighted by molar-refractivity contribution is 6.06. The van der Waals surface area contributed by atoms with Crippen molar-refractivity contribution in [1.29, 1.82) is 0 Å². The number of hydrogen-bond acceptors (Lipinski definition) is 3. The molecule has 1 saturated heterocycles. The first-order chi connectivity index (χ1) is 8.54. The number of aryl methyl sites for hydroxylation is 1. The zero-order valence-electron chi connectivity index (χ0n) is 10.9. The van der Waals surface area contributed by atoms with Gasteiger partial charge in [0.25, 0.3) is 0 Å². The fourth-order valence-corrected chi connectivity index (χ4v) is 2.18. The molecule has 1 atom stereocenters. The largest absolute Gasteiger partial charge is 0.345 e. The van der Waals surface area contributed by atoms with Crippen molar-refractivity contribution in [1.82, 2.24) is 15.1 Å². The molecule has 2 rings (SSSR count). The molecule has 0 bridgehead atoms. The molecule has 1 fully saturated rings. The van der Waals surface area contributed by atoms with E-state index in [0.29, 0.717) is 5.69 Å². The summed E-state index contributed by atoms with van der Waals surface area (Å²) in [5, 5.41) is 6.78. The van der Waals surface area contributed by atoms with Crippen molar-refractivity contribution in [2.24, 2.45) is 5.92 Å². The van der Waals surface area contributed by atoms with E-state index in [0.717, 1.165) is 6.54 Å². The van der Waals surface area contributed by atoms with Gasteiger partial charge in [-0.1, -0.05) is 13.8 Å². The van der Waals surface area contributed by atoms with E-state index in [1.807, 2.05) is 20.8 Å². The summed E-state index contributed by atoms with van der Waals surface area (Å²) in [7, 11) is 0. The molecule has 1 aliphatic rings. The van der Waals surface area contributed by atoms with E-state index in [2.05, 4.69) is 10.4 Å². The molecule has 0 aromatic carbocycles. The molecule has 6 heteroatoms. The molecule has 1 aliphatic heterocycles. The molecule has 0 saturated carbocycles. The van der Waals surface area contributed by atoms with Gasteiger partial charge in [0.05, 0.1) is 18.4 Å². The van der Waals surface area contributed by atoms with Gasteiger partial charge in [-0.15, -0.1) is 0 Å². The molecule has 6 nitrogen and oxygen atoms in total. The van der Waals surface area contributed by atoms with Crippen LogP contribution in [-0.4, -0.2) is 34.2 Å². The van der Waals surface area contributed by atoms with Crippen LogP contribution in [0.3, 0.4) is 0 Å². The second-order valence-corrected chi connectivity index (χ2v) is 4.72. The molecule has 1 N–H and O–H groups in total. The number of hydrogen-bond donors (Lipinski definition) is 1. The summed E-state index contributed by atoms with van der Waals surface area (Å²) in [6.07, 6.45) is 3.43. The Morgan fingerprint density at radius 2 is 2.22 bits per heavy atom. The first-order valence-corrected chi connectivity index (χ1v) is 6.16. The Morgan fingerprint density at radius 1 is 1.50 bits per heavy atom. The van der Waals surface area contributed by atoms with Gasteiger partial charge in [0.15, 0.2) is 0 Å². The lowest BCUT2D eigenvalue weighted by Crippen LogP contribution is -2.60. The Hall–Kier alpha value is -1.85. The van der Waals surface area contributed by atoms with Crippen LogP contribution in [0.25, 0.3) is 0 Å². The number of rotatable bonds is 3. The van der Waals surface area contributed by atoms with Crippen LogP contribution < -0.4 is 10.2 Å². The third-order valence-corrected chi connectivity index (χ3v) is 3.08. The van der Waals surface area contributed by atoms with Gasteiger partial charge in [-0.2, -0.15) is 5.10 Å². The summed E-state index contributed by atoms with van der Waals surface area (Å²) in [6, 6.07) is -0.458. The van der Waals surface area contributed by atoms with Crippen molar-refractivity contribution in [3.05, 3.63) is 12.4 Å². The maximum absolute atomic E-state index is 12.0. The summed E-state index contributed by atoms with van der Waals surface area (Å²) < 4.78 is 1.74. The molecule has 2 amide bonds. The molecule has 0 radical (unpaired) electrons. The second kappa shape index (κ2) is 4.80. The van der Waals surface area contributed by atoms with Gasteiger partial charge in [-0.05, 0) is 12.8 Å². The van der Waals surface area contributed by atoms with Gasteiger partial charge in [-0.3, -0.25) is 19.2 Å². The number of nitrogens with one attached hydrogen (secondary N) is 1. The zero-order chi connectivity index (χ0) is 13.3. The minimum Gasteiger partial charge on any atom is -0.345 e. The molecular formula is C12H18N4O2. The average molecular weight is 250 g/mol. The number of amides is 2. The number of aromatic nitrogens is 2. The fraction of sp³-hybridized carbons (Fsp3) is 0.583. The summed E-state index contributed by atoms with van der Waals surface area (Å²) >= 11 is 0. The molecule has 1 unspecified atom stereocenters. The van der Waals surface area contributed by atoms with E-state index < -0.39 is 6.04 Å². The van der Waals surface area contributed by atoms with Crippen molar-refractivity contribution >= 4 is 17.5 Å². The molecule has 1 aromatic heterocycles. The lowest BCUT2D eigenvalue weighted by atomic mass is 9.99. The Labute approximate surface area is 106 Å². The van der Waals surface area contributed by atoms with Gasteiger partial charge in [0.2, 0.25) is 11.8 Å². The highest BCUT2D eigenvalue weighted by atomic mass is 16.2. The Balaban J connectivity index is 2.36. The topological polar surface area (TPSA) is 67.2 Å². The van der Waals surface area contributed by atoms with Crippen molar-refractivity contribution in [3.8, 4) is 0 Å². The summed E-state index contributed by atoms with van der Waals surface area (Å²) in [5.74, 6) is -0.142. The van der Waals surface area contributed by atoms with E-state index in [9.17, 15) is 9.59 Å². The fourth-order valence-electron chi connectivity index (χ4n) is 2.18. The number of piperazine rings is 1. The van der Waals surface area contributed by atoms with E-state index in [-0.39, 0.29) is 24.3 Å². The van der Waals surface area contributed by atoms with Crippen LogP contribution in [0.5, 0.6) is 0 Å². The van der Waals surface area contributed by atoms with Crippen LogP contribution in [0.1, 0.15) is 20.8 Å². The van der Waals surface area contributed by atoms with E-state index in [4.69, 9.17) is 0 Å². The number of carbonyl (C=O) groups is 2. The number of nitrogens with zero attached hydrogens (tertiary/aromatic N) is 3. The highest BCUT2D eigenvalue weighted by Gasteiger charge is 2.37. The van der Waals surface area contributed by atoms with E-state index >= 15 is 0 Å². The van der Waals surface area contributed by atoms with Gasteiger partial charge in [0.1, 0.15) is 6.04 Å². The van der Waals surface area contributed by atoms with Crippen molar-refractivity contribution in [3.63, 3.8) is 0 Å². The van der Waals surface area contributed by atoms with Crippen LogP contribution in [0.15, 0.2) is 12.4 Å². The van der Waals surface area contributed by atoms with Crippen LogP contribution in [-0.2, 0) is 16.1 Å². The maximum atomic E-state index is 12.0. The summed E-state index contributed by atoms with van der Waals surface area (Å²) in [4.78, 5) is 25.5. The highest BCUT2D eigenvalue weighted by Crippen LogP contribution is 2.23. The van der Waals surface area contributed by atoms with Gasteiger partial charge >= 0.3 is 0 Å². The SMILES string of the molecule is CCn1cc(N2C(=O)CNC(=O)C2C(C)C)cn1. The molecule has 0 spiro atoms. The maximum Gasteiger partial charge on any atom is 0.247 e. The minimum atomic E-state index is -0.458. The van der Waals surface area contributed by atoms with Crippen molar-refractivity contribution < 1.29 is 9.59 Å². The quantitative estimate of drug-likeness (QED) is 0.844. The molecule has 2 heterocycles. The Bertz CT molecular complexity index is 466. The third-order valence-electron chi connectivity index (χ3n) is 3.08. The van der Waals surface area contributed by atoms with Gasteiger partial charge in [-0.25, -0.2) is 0 Å². The van der Waals surface area contributed by atoms with E-state index in [1.165, 1.54) is 0 Å². The average Bonchev–Trinajstić information content (AvgIpc) is 2.79. The van der Waals surface area contributed by atoms with Crippen molar-refractivity contribution in [2.75, 3.05) is 11.4 Å². The minimum absolute atomic E-state index is 0.0548. The Morgan fingerprint density at radius 3 is 2.78 bits per heavy atom. The first kappa shape index (κ1) is 12.6. The molecule has 98 valence electrons. The number of carbonyl (C=O) groups excluding carboxylic acids is 2. The number of anilines is 1. The monoisotopic (exact) mass is 250 g/mol. The summed E-state index contributed by atoms with van der Waals surface area (Å²) in [6.45, 7) is 6.63. The van der Waals surface area contributed by atoms with Gasteiger partial charge in [0, 0.05) is 12.7 Å². The van der Waals surface area contributed by atoms with E-state index in [1.54, 1.807) is 22.0 Å². The molecule has 0 aliphatic carbocycles. The van der Waals surface area contributed by atoms with Crippen LogP contribution in [0.4, 0.5) is 5.69 Å². The lowest BCUT2D eigenvalue weighted by molar-refractivity contribution is -0.131. The zero-order valence-corrected chi connectivity index (χ0v) is 10.9. The molecule has 1 aromatic rings. The Kier molecular flexibility index (Phi) is 3.36. The smallest absolute Gasteiger partial charge is 0.247 e. The summed E-state index contributed by atoms with van der Waals surface area (Å²) in [5.41, 5.74) is 0.690. The molecule has 18 heavy (non-hydrogen) atoms. The second-order valence-electron chi connectivity index (χ2n) is 4.72. The standard InChI is InChI=1S/C12H18N4O2/c1-4-15-7-9(5-14-15)16-10(17)6-13-12(18)11(16)8(2)3/h5,7-8,11H,4,6H2,1-3H3,(H,13,18). The predicted octanol–water partition coefficient (Wildman–Crippen LogP) is 0.390. The lowest BCUT2D eigenvalue weighted by Gasteiger charge is -2.36. The normalized spacial score (nSPS) is 20.4. The van der Waals surface area contributed by atoms with Crippen LogP contribution >= 0.6 is 0 Å².